The van der Waals surface area contributed by atoms with Crippen LogP contribution in [0.5, 0.6) is 5.75 Å². The monoisotopic (exact) mass is 273 g/mol. The van der Waals surface area contributed by atoms with Crippen LogP contribution in [0.1, 0.15) is 37.7 Å². The molecule has 0 amide bonds. The molecular formula is C16H23N3O. The number of aromatic nitrogens is 2. The number of aryl methyl sites for hydroxylation is 1. The molecule has 0 aliphatic carbocycles. The fraction of sp³-hybridized carbons (Fsp3) is 0.438. The molecule has 2 N–H and O–H groups in total. The van der Waals surface area contributed by atoms with Gasteiger partial charge in [0, 0.05) is 24.9 Å². The van der Waals surface area contributed by atoms with Gasteiger partial charge in [-0.25, -0.2) is 4.98 Å². The average Bonchev–Trinajstić information content (AvgIpc) is 2.95. The molecule has 1 heterocycles. The van der Waals surface area contributed by atoms with Gasteiger partial charge in [0.2, 0.25) is 0 Å². The van der Waals surface area contributed by atoms with E-state index in [1.165, 1.54) is 0 Å². The highest BCUT2D eigenvalue weighted by molar-refractivity contribution is 5.32. The zero-order valence-electron chi connectivity index (χ0n) is 12.4. The van der Waals surface area contributed by atoms with Crippen molar-refractivity contribution in [3.8, 4) is 5.75 Å². The van der Waals surface area contributed by atoms with Crippen LogP contribution < -0.4 is 10.5 Å². The highest BCUT2D eigenvalue weighted by Crippen LogP contribution is 2.27. The van der Waals surface area contributed by atoms with Crippen molar-refractivity contribution in [3.63, 3.8) is 0 Å². The van der Waals surface area contributed by atoms with E-state index in [0.717, 1.165) is 30.0 Å². The van der Waals surface area contributed by atoms with Gasteiger partial charge in [-0.1, -0.05) is 26.0 Å². The van der Waals surface area contributed by atoms with E-state index in [1.807, 2.05) is 24.5 Å². The molecule has 4 heteroatoms. The van der Waals surface area contributed by atoms with Crippen molar-refractivity contribution in [2.75, 3.05) is 7.11 Å². The molecule has 0 radical (unpaired) electrons. The van der Waals surface area contributed by atoms with E-state index in [4.69, 9.17) is 10.5 Å². The van der Waals surface area contributed by atoms with Crippen molar-refractivity contribution < 1.29 is 4.74 Å². The summed E-state index contributed by atoms with van der Waals surface area (Å²) in [5.74, 6) is 1.91. The van der Waals surface area contributed by atoms with E-state index in [-0.39, 0.29) is 12.1 Å². The second-order valence-corrected chi connectivity index (χ2v) is 4.90. The van der Waals surface area contributed by atoms with Gasteiger partial charge in [-0.2, -0.15) is 0 Å². The first-order valence-corrected chi connectivity index (χ1v) is 7.12. The number of rotatable bonds is 6. The van der Waals surface area contributed by atoms with Crippen molar-refractivity contribution in [2.24, 2.45) is 5.73 Å². The van der Waals surface area contributed by atoms with Crippen molar-refractivity contribution in [2.45, 2.75) is 38.8 Å². The lowest BCUT2D eigenvalue weighted by Crippen LogP contribution is -2.33. The molecule has 108 valence electrons. The number of methoxy groups -OCH3 is 1. The average molecular weight is 273 g/mol. The first-order valence-electron chi connectivity index (χ1n) is 7.12. The van der Waals surface area contributed by atoms with Crippen LogP contribution in [-0.2, 0) is 6.42 Å². The summed E-state index contributed by atoms with van der Waals surface area (Å²) >= 11 is 0. The van der Waals surface area contributed by atoms with E-state index in [1.54, 1.807) is 7.11 Å². The Morgan fingerprint density at radius 2 is 2.15 bits per heavy atom. The van der Waals surface area contributed by atoms with E-state index < -0.39 is 0 Å². The summed E-state index contributed by atoms with van der Waals surface area (Å²) < 4.78 is 7.51. The lowest BCUT2D eigenvalue weighted by molar-refractivity contribution is 0.409. The van der Waals surface area contributed by atoms with Crippen molar-refractivity contribution in [1.82, 2.24) is 9.55 Å². The predicted octanol–water partition coefficient (Wildman–Crippen LogP) is 2.78. The molecule has 2 rings (SSSR count). The van der Waals surface area contributed by atoms with Gasteiger partial charge in [0.1, 0.15) is 11.6 Å². The predicted molar refractivity (Wildman–Crippen MR) is 81.0 cm³/mol. The van der Waals surface area contributed by atoms with Crippen molar-refractivity contribution >= 4 is 0 Å². The molecule has 2 atom stereocenters. The molecule has 0 spiro atoms. The molecule has 0 aliphatic rings. The largest absolute Gasteiger partial charge is 0.497 e. The summed E-state index contributed by atoms with van der Waals surface area (Å²) in [6.45, 7) is 4.22. The Balaban J connectivity index is 2.47. The minimum absolute atomic E-state index is 0.0432. The SMILES string of the molecule is CCc1nccn1C(c1cccc(OC)c1)C(N)CC. The molecule has 0 aliphatic heterocycles. The van der Waals surface area contributed by atoms with Gasteiger partial charge in [0.25, 0.3) is 0 Å². The van der Waals surface area contributed by atoms with Crippen LogP contribution in [0.15, 0.2) is 36.7 Å². The Morgan fingerprint density at radius 1 is 1.35 bits per heavy atom. The van der Waals surface area contributed by atoms with E-state index >= 15 is 0 Å². The molecule has 1 aromatic carbocycles. The normalized spacial score (nSPS) is 14.0. The summed E-state index contributed by atoms with van der Waals surface area (Å²) in [7, 11) is 1.68. The fourth-order valence-corrected chi connectivity index (χ4v) is 2.53. The minimum Gasteiger partial charge on any atom is -0.497 e. The number of benzene rings is 1. The van der Waals surface area contributed by atoms with Crippen LogP contribution in [0.3, 0.4) is 0 Å². The Labute approximate surface area is 120 Å². The summed E-state index contributed by atoms with van der Waals surface area (Å²) in [6.07, 6.45) is 5.65. The third-order valence-electron chi connectivity index (χ3n) is 3.68. The Hall–Kier alpha value is -1.81. The van der Waals surface area contributed by atoms with Crippen molar-refractivity contribution in [1.29, 1.82) is 0 Å². The first kappa shape index (κ1) is 14.6. The van der Waals surface area contributed by atoms with E-state index in [0.29, 0.717) is 0 Å². The first-order chi connectivity index (χ1) is 9.71. The second kappa shape index (κ2) is 6.57. The van der Waals surface area contributed by atoms with Crippen LogP contribution in [0.25, 0.3) is 0 Å². The molecule has 2 aromatic rings. The third kappa shape index (κ3) is 2.85. The van der Waals surface area contributed by atoms with Crippen LogP contribution in [0, 0.1) is 0 Å². The Morgan fingerprint density at radius 3 is 2.80 bits per heavy atom. The summed E-state index contributed by atoms with van der Waals surface area (Å²) in [6, 6.07) is 8.25. The number of imidazole rings is 1. The molecule has 0 bridgehead atoms. The molecule has 2 unspecified atom stereocenters. The summed E-state index contributed by atoms with van der Waals surface area (Å²) in [5, 5.41) is 0. The highest BCUT2D eigenvalue weighted by Gasteiger charge is 2.22. The standard InChI is InChI=1S/C16H23N3O/c1-4-14(17)16(19-10-9-18-15(19)5-2)12-7-6-8-13(11-12)20-3/h6-11,14,16H,4-5,17H2,1-3H3. The van der Waals surface area contributed by atoms with Gasteiger partial charge in [0.05, 0.1) is 13.2 Å². The molecule has 4 nitrogen and oxygen atoms in total. The maximum atomic E-state index is 6.37. The van der Waals surface area contributed by atoms with Crippen LogP contribution in [0.2, 0.25) is 0 Å². The van der Waals surface area contributed by atoms with Gasteiger partial charge in [-0.3, -0.25) is 0 Å². The Kier molecular flexibility index (Phi) is 4.79. The van der Waals surface area contributed by atoms with Gasteiger partial charge in [-0.05, 0) is 24.1 Å². The number of nitrogens with two attached hydrogens (primary N) is 1. The number of nitrogens with zero attached hydrogens (tertiary/aromatic N) is 2. The summed E-state index contributed by atoms with van der Waals surface area (Å²) in [5.41, 5.74) is 7.52. The number of hydrogen-bond acceptors (Lipinski definition) is 3. The molecular weight excluding hydrogens is 250 g/mol. The zero-order chi connectivity index (χ0) is 14.5. The maximum Gasteiger partial charge on any atom is 0.119 e. The zero-order valence-corrected chi connectivity index (χ0v) is 12.4. The van der Waals surface area contributed by atoms with Crippen molar-refractivity contribution in [3.05, 3.63) is 48.0 Å². The Bertz CT molecular complexity index is 550. The minimum atomic E-state index is 0.0432. The van der Waals surface area contributed by atoms with Crippen LogP contribution in [0.4, 0.5) is 0 Å². The van der Waals surface area contributed by atoms with Crippen LogP contribution >= 0.6 is 0 Å². The highest BCUT2D eigenvalue weighted by atomic mass is 16.5. The fourth-order valence-electron chi connectivity index (χ4n) is 2.53. The lowest BCUT2D eigenvalue weighted by atomic mass is 9.97. The van der Waals surface area contributed by atoms with Gasteiger partial charge >= 0.3 is 0 Å². The van der Waals surface area contributed by atoms with Gasteiger partial charge in [-0.15, -0.1) is 0 Å². The topological polar surface area (TPSA) is 53.1 Å². The third-order valence-corrected chi connectivity index (χ3v) is 3.68. The summed E-state index contributed by atoms with van der Waals surface area (Å²) in [4.78, 5) is 4.42. The molecule has 0 fully saturated rings. The molecule has 1 aromatic heterocycles. The molecule has 0 saturated heterocycles. The second-order valence-electron chi connectivity index (χ2n) is 4.90. The maximum absolute atomic E-state index is 6.37. The number of hydrogen-bond donors (Lipinski definition) is 1. The lowest BCUT2D eigenvalue weighted by Gasteiger charge is -2.26. The molecule has 20 heavy (non-hydrogen) atoms. The van der Waals surface area contributed by atoms with E-state index in [9.17, 15) is 0 Å². The van der Waals surface area contributed by atoms with E-state index in [2.05, 4.69) is 35.5 Å². The smallest absolute Gasteiger partial charge is 0.119 e. The van der Waals surface area contributed by atoms with Crippen LogP contribution in [-0.4, -0.2) is 22.7 Å². The quantitative estimate of drug-likeness (QED) is 0.880. The van der Waals surface area contributed by atoms with Gasteiger partial charge in [0.15, 0.2) is 0 Å². The van der Waals surface area contributed by atoms with Gasteiger partial charge < -0.3 is 15.0 Å². The molecule has 0 saturated carbocycles. The number of ether oxygens (including phenoxy) is 1.